The molecule has 0 saturated carbocycles. The Hall–Kier alpha value is -1.40. The summed E-state index contributed by atoms with van der Waals surface area (Å²) in [5.41, 5.74) is 6.24. The van der Waals surface area contributed by atoms with Gasteiger partial charge in [0.15, 0.2) is 5.75 Å². The zero-order chi connectivity index (χ0) is 11.1. The Kier molecular flexibility index (Phi) is 4.79. The Labute approximate surface area is 94.4 Å². The van der Waals surface area contributed by atoms with E-state index < -0.39 is 0 Å². The number of nitrogens with two attached hydrogens (primary N) is 1. The summed E-state index contributed by atoms with van der Waals surface area (Å²) in [5.74, 6) is 0.538. The molecule has 0 bridgehead atoms. The van der Waals surface area contributed by atoms with E-state index in [1.54, 1.807) is 18.2 Å². The number of nitrogen functional groups attached to an aromatic ring is 1. The fourth-order valence-electron chi connectivity index (χ4n) is 1.16. The monoisotopic (exact) mass is 224 g/mol. The van der Waals surface area contributed by atoms with E-state index in [9.17, 15) is 0 Å². The first-order valence-corrected chi connectivity index (χ1v) is 5.17. The van der Waals surface area contributed by atoms with Crippen LogP contribution in [0, 0.1) is 11.3 Å². The van der Waals surface area contributed by atoms with Gasteiger partial charge >= 0.3 is 0 Å². The minimum atomic E-state index is 0.523. The highest BCUT2D eigenvalue weighted by atomic mass is 35.5. The van der Waals surface area contributed by atoms with Crippen LogP contribution >= 0.6 is 11.6 Å². The van der Waals surface area contributed by atoms with E-state index in [0.29, 0.717) is 29.5 Å². The second kappa shape index (κ2) is 6.15. The molecular weight excluding hydrogens is 212 g/mol. The van der Waals surface area contributed by atoms with Crippen molar-refractivity contribution in [2.45, 2.75) is 19.3 Å². The van der Waals surface area contributed by atoms with Crippen molar-refractivity contribution in [3.05, 3.63) is 23.2 Å². The largest absolute Gasteiger partial charge is 0.490 e. The van der Waals surface area contributed by atoms with Crippen LogP contribution in [0.2, 0.25) is 5.02 Å². The number of benzene rings is 1. The third-order valence-corrected chi connectivity index (χ3v) is 2.22. The van der Waals surface area contributed by atoms with Crippen molar-refractivity contribution in [3.8, 4) is 11.8 Å². The van der Waals surface area contributed by atoms with Crippen molar-refractivity contribution in [2.75, 3.05) is 12.3 Å². The molecule has 3 nitrogen and oxygen atoms in total. The number of rotatable bonds is 5. The van der Waals surface area contributed by atoms with Crippen LogP contribution in [-0.2, 0) is 0 Å². The van der Waals surface area contributed by atoms with Crippen LogP contribution in [0.25, 0.3) is 0 Å². The Morgan fingerprint density at radius 3 is 2.87 bits per heavy atom. The molecule has 0 unspecified atom stereocenters. The number of halogens is 1. The molecule has 15 heavy (non-hydrogen) atoms. The van der Waals surface area contributed by atoms with Crippen molar-refractivity contribution in [1.29, 1.82) is 5.26 Å². The van der Waals surface area contributed by atoms with E-state index in [1.807, 2.05) is 0 Å². The number of para-hydroxylation sites is 1. The average Bonchev–Trinajstić information content (AvgIpc) is 2.21. The molecule has 0 aliphatic rings. The van der Waals surface area contributed by atoms with Gasteiger partial charge in [-0.25, -0.2) is 0 Å². The standard InChI is InChI=1S/C11H13ClN2O/c12-9-5-4-6-10(14)11(9)15-8-3-1-2-7-13/h4-6H,1-3,8,14H2. The Bertz CT molecular complexity index is 340. The van der Waals surface area contributed by atoms with Gasteiger partial charge < -0.3 is 10.5 Å². The molecule has 0 spiro atoms. The molecule has 0 heterocycles. The maximum absolute atomic E-state index is 8.34. The summed E-state index contributed by atoms with van der Waals surface area (Å²) in [6, 6.07) is 7.35. The smallest absolute Gasteiger partial charge is 0.160 e. The summed E-state index contributed by atoms with van der Waals surface area (Å²) in [7, 11) is 0. The van der Waals surface area contributed by atoms with Gasteiger partial charge in [0.25, 0.3) is 0 Å². The highest BCUT2D eigenvalue weighted by Crippen LogP contribution is 2.30. The van der Waals surface area contributed by atoms with Gasteiger partial charge in [0.05, 0.1) is 23.4 Å². The molecule has 80 valence electrons. The summed E-state index contributed by atoms with van der Waals surface area (Å²) in [5, 5.41) is 8.86. The van der Waals surface area contributed by atoms with Gasteiger partial charge in [-0.1, -0.05) is 17.7 Å². The van der Waals surface area contributed by atoms with E-state index in [0.717, 1.165) is 12.8 Å². The molecule has 0 radical (unpaired) electrons. The van der Waals surface area contributed by atoms with Gasteiger partial charge in [-0.2, -0.15) is 5.26 Å². The van der Waals surface area contributed by atoms with Crippen molar-refractivity contribution in [1.82, 2.24) is 0 Å². The number of hydrogen-bond acceptors (Lipinski definition) is 3. The second-order valence-electron chi connectivity index (χ2n) is 3.12. The molecule has 1 aromatic rings. The molecule has 1 aromatic carbocycles. The fraction of sp³-hybridized carbons (Fsp3) is 0.364. The SMILES string of the molecule is N#CCCCCOc1c(N)cccc1Cl. The van der Waals surface area contributed by atoms with Crippen molar-refractivity contribution in [2.24, 2.45) is 0 Å². The van der Waals surface area contributed by atoms with Crippen molar-refractivity contribution < 1.29 is 4.74 Å². The Morgan fingerprint density at radius 2 is 2.20 bits per heavy atom. The molecule has 2 N–H and O–H groups in total. The normalized spacial score (nSPS) is 9.60. The summed E-state index contributed by atoms with van der Waals surface area (Å²) < 4.78 is 5.45. The number of unbranched alkanes of at least 4 members (excludes halogenated alkanes) is 2. The molecule has 0 aliphatic carbocycles. The first-order chi connectivity index (χ1) is 7.25. The third-order valence-electron chi connectivity index (χ3n) is 1.93. The molecular formula is C11H13ClN2O. The predicted molar refractivity (Wildman–Crippen MR) is 60.8 cm³/mol. The lowest BCUT2D eigenvalue weighted by Crippen LogP contribution is -2.00. The Balaban J connectivity index is 2.41. The van der Waals surface area contributed by atoms with E-state index in [1.165, 1.54) is 0 Å². The molecule has 0 aromatic heterocycles. The second-order valence-corrected chi connectivity index (χ2v) is 3.53. The molecule has 0 amide bonds. The van der Waals surface area contributed by atoms with Crippen molar-refractivity contribution >= 4 is 17.3 Å². The first kappa shape index (κ1) is 11.7. The minimum absolute atomic E-state index is 0.523. The minimum Gasteiger partial charge on any atom is -0.490 e. The number of nitriles is 1. The molecule has 0 atom stereocenters. The highest BCUT2D eigenvalue weighted by Gasteiger charge is 2.04. The van der Waals surface area contributed by atoms with Crippen molar-refractivity contribution in [3.63, 3.8) is 0 Å². The number of ether oxygens (including phenoxy) is 1. The summed E-state index contributed by atoms with van der Waals surface area (Å²) in [6.07, 6.45) is 2.22. The maximum Gasteiger partial charge on any atom is 0.160 e. The lowest BCUT2D eigenvalue weighted by atomic mass is 10.2. The molecule has 0 fully saturated rings. The topological polar surface area (TPSA) is 59.0 Å². The van der Waals surface area contributed by atoms with E-state index >= 15 is 0 Å². The lowest BCUT2D eigenvalue weighted by Gasteiger charge is -2.09. The first-order valence-electron chi connectivity index (χ1n) is 4.79. The van der Waals surface area contributed by atoms with Crippen LogP contribution in [0.4, 0.5) is 5.69 Å². The molecule has 0 aliphatic heterocycles. The quantitative estimate of drug-likeness (QED) is 0.618. The van der Waals surface area contributed by atoms with Gasteiger partial charge in [-0.3, -0.25) is 0 Å². The van der Waals surface area contributed by atoms with E-state index in [2.05, 4.69) is 6.07 Å². The van der Waals surface area contributed by atoms with E-state index in [4.69, 9.17) is 27.3 Å². The van der Waals surface area contributed by atoms with Crippen LogP contribution in [0.3, 0.4) is 0 Å². The van der Waals surface area contributed by atoms with Crippen LogP contribution in [0.15, 0.2) is 18.2 Å². The lowest BCUT2D eigenvalue weighted by molar-refractivity contribution is 0.309. The fourth-order valence-corrected chi connectivity index (χ4v) is 1.39. The van der Waals surface area contributed by atoms with Crippen LogP contribution < -0.4 is 10.5 Å². The molecule has 0 saturated heterocycles. The highest BCUT2D eigenvalue weighted by molar-refractivity contribution is 6.32. The van der Waals surface area contributed by atoms with Gasteiger partial charge in [-0.05, 0) is 25.0 Å². The van der Waals surface area contributed by atoms with Crippen LogP contribution in [0.1, 0.15) is 19.3 Å². The summed E-state index contributed by atoms with van der Waals surface area (Å²) in [4.78, 5) is 0. The molecule has 4 heteroatoms. The maximum atomic E-state index is 8.34. The van der Waals surface area contributed by atoms with Gasteiger partial charge in [0.1, 0.15) is 0 Å². The Morgan fingerprint density at radius 1 is 1.40 bits per heavy atom. The van der Waals surface area contributed by atoms with E-state index in [-0.39, 0.29) is 0 Å². The average molecular weight is 225 g/mol. The van der Waals surface area contributed by atoms with Crippen LogP contribution in [-0.4, -0.2) is 6.61 Å². The zero-order valence-corrected chi connectivity index (χ0v) is 9.13. The number of anilines is 1. The zero-order valence-electron chi connectivity index (χ0n) is 8.37. The van der Waals surface area contributed by atoms with Crippen LogP contribution in [0.5, 0.6) is 5.75 Å². The predicted octanol–water partition coefficient (Wildman–Crippen LogP) is 2.99. The summed E-state index contributed by atoms with van der Waals surface area (Å²) in [6.45, 7) is 0.537. The molecule has 1 rings (SSSR count). The number of nitrogens with zero attached hydrogens (tertiary/aromatic N) is 1. The summed E-state index contributed by atoms with van der Waals surface area (Å²) >= 11 is 5.91. The number of hydrogen-bond donors (Lipinski definition) is 1. The van der Waals surface area contributed by atoms with Gasteiger partial charge in [0, 0.05) is 6.42 Å². The van der Waals surface area contributed by atoms with Gasteiger partial charge in [0.2, 0.25) is 0 Å². The van der Waals surface area contributed by atoms with Gasteiger partial charge in [-0.15, -0.1) is 0 Å². The third kappa shape index (κ3) is 3.69.